The first-order valence-electron chi connectivity index (χ1n) is 9.72. The zero-order valence-electron chi connectivity index (χ0n) is 15.1. The van der Waals surface area contributed by atoms with E-state index in [0.29, 0.717) is 9.49 Å². The molecular weight excluding hydrogens is 422 g/mol. The van der Waals surface area contributed by atoms with Gasteiger partial charge in [0.05, 0.1) is 0 Å². The molecule has 2 aromatic carbocycles. The molecule has 25 heavy (non-hydrogen) atoms. The van der Waals surface area contributed by atoms with Crippen LogP contribution in [0.2, 0.25) is 0 Å². The first-order chi connectivity index (χ1) is 12.2. The topological polar surface area (TPSA) is 0 Å². The van der Waals surface area contributed by atoms with Crippen molar-refractivity contribution in [2.45, 2.75) is 64.2 Å². The van der Waals surface area contributed by atoms with Crippen LogP contribution in [0.4, 0.5) is 4.39 Å². The van der Waals surface area contributed by atoms with Crippen LogP contribution >= 0.6 is 22.6 Å². The molecule has 0 heterocycles. The second-order valence-corrected chi connectivity index (χ2v) is 8.63. The molecule has 134 valence electrons. The van der Waals surface area contributed by atoms with Gasteiger partial charge in [0.1, 0.15) is 5.82 Å². The second kappa shape index (κ2) is 9.16. The van der Waals surface area contributed by atoms with E-state index < -0.39 is 0 Å². The van der Waals surface area contributed by atoms with Gasteiger partial charge >= 0.3 is 0 Å². The van der Waals surface area contributed by atoms with Crippen LogP contribution in [-0.4, -0.2) is 0 Å². The summed E-state index contributed by atoms with van der Waals surface area (Å²) in [6.45, 7) is 2.28. The minimum absolute atomic E-state index is 0.136. The Kier molecular flexibility index (Phi) is 6.92. The third kappa shape index (κ3) is 5.06. The van der Waals surface area contributed by atoms with Gasteiger partial charge in [-0.25, -0.2) is 4.39 Å². The lowest BCUT2D eigenvalue weighted by atomic mass is 9.77. The molecule has 0 atom stereocenters. The number of hydrogen-bond donors (Lipinski definition) is 0. The molecule has 0 aliphatic heterocycles. The molecule has 2 heteroatoms. The fourth-order valence-electron chi connectivity index (χ4n) is 4.09. The summed E-state index contributed by atoms with van der Waals surface area (Å²) < 4.78 is 14.4. The average Bonchev–Trinajstić information content (AvgIpc) is 2.65. The number of hydrogen-bond acceptors (Lipinski definition) is 0. The van der Waals surface area contributed by atoms with Crippen molar-refractivity contribution in [2.75, 3.05) is 0 Å². The molecule has 0 bridgehead atoms. The lowest BCUT2D eigenvalue weighted by Crippen LogP contribution is -2.13. The van der Waals surface area contributed by atoms with E-state index in [1.54, 1.807) is 6.07 Å². The largest absolute Gasteiger partial charge is 0.206 e. The van der Waals surface area contributed by atoms with E-state index in [0.717, 1.165) is 17.0 Å². The molecule has 0 amide bonds. The SMILES string of the molecule is CCCCC[C@H]1CC[C@H](c2ccc(-c3ccc(I)c(F)c3)cc2)CC1. The quantitative estimate of drug-likeness (QED) is 0.309. The van der Waals surface area contributed by atoms with Gasteiger partial charge in [0.15, 0.2) is 0 Å². The Balaban J connectivity index is 1.59. The smallest absolute Gasteiger partial charge is 0.137 e. The molecule has 0 unspecified atom stereocenters. The number of halogens is 2. The Labute approximate surface area is 165 Å². The third-order valence-electron chi connectivity index (χ3n) is 5.70. The lowest BCUT2D eigenvalue weighted by Gasteiger charge is -2.29. The Bertz CT molecular complexity index is 669. The van der Waals surface area contributed by atoms with Crippen LogP contribution in [0.25, 0.3) is 11.1 Å². The highest BCUT2D eigenvalue weighted by Gasteiger charge is 2.22. The van der Waals surface area contributed by atoms with Gasteiger partial charge in [-0.2, -0.15) is 0 Å². The van der Waals surface area contributed by atoms with Crippen molar-refractivity contribution in [3.8, 4) is 11.1 Å². The molecule has 0 N–H and O–H groups in total. The van der Waals surface area contributed by atoms with Crippen molar-refractivity contribution in [3.05, 3.63) is 57.4 Å². The molecular formula is C23H28FI. The summed E-state index contributed by atoms with van der Waals surface area (Å²) in [6, 6.07) is 14.3. The highest BCUT2D eigenvalue weighted by Crippen LogP contribution is 2.38. The maximum absolute atomic E-state index is 13.8. The van der Waals surface area contributed by atoms with Crippen LogP contribution < -0.4 is 0 Å². The van der Waals surface area contributed by atoms with Crippen LogP contribution in [0.15, 0.2) is 42.5 Å². The first-order valence-corrected chi connectivity index (χ1v) is 10.8. The van der Waals surface area contributed by atoms with Gasteiger partial charge in [-0.1, -0.05) is 62.9 Å². The molecule has 0 spiro atoms. The molecule has 1 aliphatic rings. The van der Waals surface area contributed by atoms with Crippen LogP contribution in [0.1, 0.15) is 69.8 Å². The summed E-state index contributed by atoms with van der Waals surface area (Å²) in [6.07, 6.45) is 11.0. The Hall–Kier alpha value is -0.900. The van der Waals surface area contributed by atoms with Crippen molar-refractivity contribution >= 4 is 22.6 Å². The summed E-state index contributed by atoms with van der Waals surface area (Å²) in [5.74, 6) is 1.53. The van der Waals surface area contributed by atoms with E-state index in [9.17, 15) is 4.39 Å². The van der Waals surface area contributed by atoms with Crippen molar-refractivity contribution in [2.24, 2.45) is 5.92 Å². The van der Waals surface area contributed by atoms with Gasteiger partial charge in [-0.3, -0.25) is 0 Å². The first kappa shape index (κ1) is 18.9. The van der Waals surface area contributed by atoms with Crippen LogP contribution in [0.5, 0.6) is 0 Å². The second-order valence-electron chi connectivity index (χ2n) is 7.46. The van der Waals surface area contributed by atoms with E-state index in [4.69, 9.17) is 0 Å². The minimum Gasteiger partial charge on any atom is -0.206 e. The van der Waals surface area contributed by atoms with Crippen molar-refractivity contribution in [1.29, 1.82) is 0 Å². The molecule has 1 saturated carbocycles. The maximum Gasteiger partial charge on any atom is 0.137 e. The standard InChI is InChI=1S/C23H28FI/c1-2-3-4-5-17-6-8-18(9-7-17)19-10-12-20(13-11-19)21-14-15-23(25)22(24)16-21/h10-18H,2-9H2,1H3/t17-,18-. The van der Waals surface area contributed by atoms with E-state index in [2.05, 4.69) is 31.2 Å². The van der Waals surface area contributed by atoms with E-state index in [1.807, 2.05) is 34.7 Å². The highest BCUT2D eigenvalue weighted by atomic mass is 127. The zero-order valence-corrected chi connectivity index (χ0v) is 17.3. The third-order valence-corrected chi connectivity index (χ3v) is 6.57. The van der Waals surface area contributed by atoms with Gasteiger partial charge in [-0.05, 0) is 88.9 Å². The summed E-state index contributed by atoms with van der Waals surface area (Å²) in [5.41, 5.74) is 3.53. The van der Waals surface area contributed by atoms with E-state index >= 15 is 0 Å². The number of unbranched alkanes of at least 4 members (excludes halogenated alkanes) is 2. The average molecular weight is 450 g/mol. The maximum atomic E-state index is 13.8. The van der Waals surface area contributed by atoms with Gasteiger partial charge in [0, 0.05) is 3.57 Å². The van der Waals surface area contributed by atoms with Crippen LogP contribution in [-0.2, 0) is 0 Å². The number of benzene rings is 2. The molecule has 1 aliphatic carbocycles. The van der Waals surface area contributed by atoms with Crippen LogP contribution in [0, 0.1) is 15.3 Å². The molecule has 3 rings (SSSR count). The molecule has 1 fully saturated rings. The Morgan fingerprint density at radius 1 is 0.920 bits per heavy atom. The van der Waals surface area contributed by atoms with Crippen molar-refractivity contribution in [1.82, 2.24) is 0 Å². The van der Waals surface area contributed by atoms with Crippen molar-refractivity contribution < 1.29 is 4.39 Å². The predicted octanol–water partition coefficient (Wildman–Crippen LogP) is 7.95. The molecule has 0 nitrogen and oxygen atoms in total. The number of rotatable bonds is 6. The lowest BCUT2D eigenvalue weighted by molar-refractivity contribution is 0.303. The fourth-order valence-corrected chi connectivity index (χ4v) is 4.43. The highest BCUT2D eigenvalue weighted by molar-refractivity contribution is 14.1. The van der Waals surface area contributed by atoms with E-state index in [1.165, 1.54) is 56.9 Å². The normalized spacial score (nSPS) is 20.6. The van der Waals surface area contributed by atoms with Gasteiger partial charge in [-0.15, -0.1) is 0 Å². The summed E-state index contributed by atoms with van der Waals surface area (Å²) >= 11 is 2.03. The van der Waals surface area contributed by atoms with Gasteiger partial charge in [0.25, 0.3) is 0 Å². The minimum atomic E-state index is -0.136. The fraction of sp³-hybridized carbons (Fsp3) is 0.478. The van der Waals surface area contributed by atoms with E-state index in [-0.39, 0.29) is 5.82 Å². The molecule has 0 radical (unpaired) electrons. The molecule has 0 aromatic heterocycles. The molecule has 0 saturated heterocycles. The summed E-state index contributed by atoms with van der Waals surface area (Å²) in [7, 11) is 0. The van der Waals surface area contributed by atoms with Gasteiger partial charge in [0.2, 0.25) is 0 Å². The van der Waals surface area contributed by atoms with Crippen LogP contribution in [0.3, 0.4) is 0 Å². The summed E-state index contributed by atoms with van der Waals surface area (Å²) in [4.78, 5) is 0. The zero-order chi connectivity index (χ0) is 17.6. The summed E-state index contributed by atoms with van der Waals surface area (Å²) in [5, 5.41) is 0. The molecule has 2 aromatic rings. The van der Waals surface area contributed by atoms with Gasteiger partial charge < -0.3 is 0 Å². The Morgan fingerprint density at radius 3 is 2.24 bits per heavy atom. The monoisotopic (exact) mass is 450 g/mol. The van der Waals surface area contributed by atoms with Crippen molar-refractivity contribution in [3.63, 3.8) is 0 Å². The Morgan fingerprint density at radius 2 is 1.60 bits per heavy atom. The predicted molar refractivity (Wildman–Crippen MR) is 113 cm³/mol.